The number of benzene rings is 1. The summed E-state index contributed by atoms with van der Waals surface area (Å²) in [4.78, 5) is 27.7. The molecule has 2 heterocycles. The summed E-state index contributed by atoms with van der Waals surface area (Å²) >= 11 is 0. The van der Waals surface area contributed by atoms with Crippen LogP contribution in [0.4, 0.5) is 29.5 Å². The predicted molar refractivity (Wildman–Crippen MR) is 107 cm³/mol. The molecule has 6 N–H and O–H groups in total. The fourth-order valence-electron chi connectivity index (χ4n) is 3.53. The van der Waals surface area contributed by atoms with Crippen molar-refractivity contribution in [1.29, 1.82) is 0 Å². The molecule has 0 saturated heterocycles. The van der Waals surface area contributed by atoms with E-state index in [1.165, 1.54) is 24.4 Å². The van der Waals surface area contributed by atoms with Crippen molar-refractivity contribution in [3.8, 4) is 11.8 Å². The van der Waals surface area contributed by atoms with Crippen LogP contribution in [0.25, 0.3) is 0 Å². The summed E-state index contributed by atoms with van der Waals surface area (Å²) in [6.07, 6.45) is -1.79. The number of hydrogen-bond acceptors (Lipinski definition) is 4. The van der Waals surface area contributed by atoms with Crippen LogP contribution >= 0.6 is 0 Å². The number of pyridine rings is 1. The van der Waals surface area contributed by atoms with E-state index >= 15 is 0 Å². The molecular formula is C21H18F3N5O2. The van der Waals surface area contributed by atoms with E-state index < -0.39 is 23.7 Å². The summed E-state index contributed by atoms with van der Waals surface area (Å²) in [6.45, 7) is 0. The lowest BCUT2D eigenvalue weighted by Gasteiger charge is -2.37. The molecule has 1 aromatic carbocycles. The Morgan fingerprint density at radius 2 is 2.03 bits per heavy atom. The van der Waals surface area contributed by atoms with Crippen molar-refractivity contribution in [3.05, 3.63) is 52.7 Å². The second kappa shape index (κ2) is 7.19. The van der Waals surface area contributed by atoms with E-state index in [1.54, 1.807) is 6.07 Å². The zero-order valence-corrected chi connectivity index (χ0v) is 16.1. The van der Waals surface area contributed by atoms with Gasteiger partial charge in [0.1, 0.15) is 5.82 Å². The van der Waals surface area contributed by atoms with Crippen LogP contribution in [0.15, 0.2) is 30.5 Å². The van der Waals surface area contributed by atoms with E-state index in [9.17, 15) is 22.8 Å². The molecule has 1 saturated carbocycles. The van der Waals surface area contributed by atoms with E-state index in [4.69, 9.17) is 11.5 Å². The number of nitrogens with two attached hydrogens (primary N) is 2. The summed E-state index contributed by atoms with van der Waals surface area (Å²) in [5, 5.41) is 4.39. The van der Waals surface area contributed by atoms with Gasteiger partial charge in [-0.05, 0) is 42.5 Å². The fraction of sp³-hybridized carbons (Fsp3) is 0.286. The Hall–Kier alpha value is -3.74. The van der Waals surface area contributed by atoms with Crippen LogP contribution in [-0.2, 0) is 12.0 Å². The van der Waals surface area contributed by atoms with E-state index in [2.05, 4.69) is 22.1 Å². The smallest absolute Gasteiger partial charge is 0.383 e. The minimum Gasteiger partial charge on any atom is -0.383 e. The molecule has 1 atom stereocenters. The van der Waals surface area contributed by atoms with Gasteiger partial charge in [-0.1, -0.05) is 24.0 Å². The molecule has 10 heteroatoms. The second-order valence-electron chi connectivity index (χ2n) is 7.52. The summed E-state index contributed by atoms with van der Waals surface area (Å²) in [7, 11) is 0. The molecule has 1 aliphatic heterocycles. The highest BCUT2D eigenvalue weighted by molar-refractivity contribution is 5.99. The average Bonchev–Trinajstić information content (AvgIpc) is 3.49. The standard InChI is InChI=1S/C21H18F3N5O2/c22-21(23,24)20(7-5-11-1-2-11)14-4-3-12(10-15(14)28-19(31)29-20)9-13-6-8-27-17(25)16(13)18(26)30/h3-4,6,8,10-11H,1-2,9H2,(H2,25,27)(H2,26,30)(H2,28,29,31)/t20-/m0/s1. The largest absolute Gasteiger partial charge is 0.427 e. The second-order valence-corrected chi connectivity index (χ2v) is 7.52. The van der Waals surface area contributed by atoms with E-state index in [0.717, 1.165) is 12.8 Å². The molecule has 2 aliphatic rings. The number of rotatable bonds is 3. The monoisotopic (exact) mass is 429 g/mol. The number of aromatic nitrogens is 1. The third-order valence-corrected chi connectivity index (χ3v) is 5.21. The predicted octanol–water partition coefficient (Wildman–Crippen LogP) is 2.66. The first kappa shape index (κ1) is 20.5. The zero-order chi connectivity index (χ0) is 22.4. The zero-order valence-electron chi connectivity index (χ0n) is 16.1. The third kappa shape index (κ3) is 3.74. The van der Waals surface area contributed by atoms with Gasteiger partial charge in [0.25, 0.3) is 5.91 Å². The fourth-order valence-corrected chi connectivity index (χ4v) is 3.53. The number of nitrogen functional groups attached to an aromatic ring is 1. The topological polar surface area (TPSA) is 123 Å². The Morgan fingerprint density at radius 1 is 1.29 bits per heavy atom. The molecule has 160 valence electrons. The van der Waals surface area contributed by atoms with Crippen LogP contribution in [0.2, 0.25) is 0 Å². The van der Waals surface area contributed by atoms with Crippen molar-refractivity contribution in [2.45, 2.75) is 31.0 Å². The van der Waals surface area contributed by atoms with Gasteiger partial charge in [0.05, 0.1) is 5.56 Å². The molecule has 3 amide bonds. The number of nitrogens with zero attached hydrogens (tertiary/aromatic N) is 1. The molecule has 7 nitrogen and oxygen atoms in total. The average molecular weight is 429 g/mol. The Kier molecular flexibility index (Phi) is 4.76. The number of halogens is 3. The minimum absolute atomic E-state index is 0.00803. The number of alkyl halides is 3. The number of urea groups is 1. The number of nitrogens with one attached hydrogen (secondary N) is 2. The molecule has 2 aromatic rings. The van der Waals surface area contributed by atoms with Gasteiger partial charge in [-0.2, -0.15) is 13.2 Å². The van der Waals surface area contributed by atoms with Crippen molar-refractivity contribution in [2.75, 3.05) is 11.1 Å². The molecule has 31 heavy (non-hydrogen) atoms. The Labute approximate surface area is 175 Å². The number of anilines is 2. The first-order chi connectivity index (χ1) is 14.6. The van der Waals surface area contributed by atoms with E-state index in [1.807, 2.05) is 5.32 Å². The van der Waals surface area contributed by atoms with Gasteiger partial charge in [0.15, 0.2) is 0 Å². The van der Waals surface area contributed by atoms with Crippen LogP contribution in [-0.4, -0.2) is 23.1 Å². The molecule has 0 unspecified atom stereocenters. The normalized spacial score (nSPS) is 20.0. The molecule has 0 radical (unpaired) electrons. The maximum absolute atomic E-state index is 14.1. The van der Waals surface area contributed by atoms with Gasteiger partial charge in [0, 0.05) is 23.4 Å². The maximum atomic E-state index is 14.1. The van der Waals surface area contributed by atoms with E-state index in [-0.39, 0.29) is 35.0 Å². The Morgan fingerprint density at radius 3 is 2.68 bits per heavy atom. The van der Waals surface area contributed by atoms with Crippen LogP contribution in [0.5, 0.6) is 0 Å². The van der Waals surface area contributed by atoms with Crippen molar-refractivity contribution in [1.82, 2.24) is 10.3 Å². The summed E-state index contributed by atoms with van der Waals surface area (Å²) in [5.74, 6) is 4.04. The van der Waals surface area contributed by atoms with Gasteiger partial charge >= 0.3 is 12.2 Å². The summed E-state index contributed by atoms with van der Waals surface area (Å²) in [5.41, 5.74) is 9.17. The molecule has 1 aliphatic carbocycles. The lowest BCUT2D eigenvalue weighted by Crippen LogP contribution is -2.59. The van der Waals surface area contributed by atoms with Crippen molar-refractivity contribution in [3.63, 3.8) is 0 Å². The number of carbonyl (C=O) groups is 2. The SMILES string of the molecule is NC(=O)c1c(Cc2ccc3c(c2)NC(=O)N[C@]3(C#CC2CC2)C(F)(F)F)ccnc1N. The van der Waals surface area contributed by atoms with Crippen molar-refractivity contribution < 1.29 is 22.8 Å². The number of amides is 3. The highest BCUT2D eigenvalue weighted by Crippen LogP contribution is 2.44. The molecule has 1 aromatic heterocycles. The maximum Gasteiger partial charge on any atom is 0.427 e. The molecule has 0 spiro atoms. The quantitative estimate of drug-likeness (QED) is 0.560. The number of fused-ring (bicyclic) bond motifs is 1. The summed E-state index contributed by atoms with van der Waals surface area (Å²) in [6, 6.07) is 4.74. The van der Waals surface area contributed by atoms with Crippen molar-refractivity contribution >= 4 is 23.4 Å². The molecule has 1 fully saturated rings. The minimum atomic E-state index is -4.83. The van der Waals surface area contributed by atoms with Crippen molar-refractivity contribution in [2.24, 2.45) is 11.7 Å². The van der Waals surface area contributed by atoms with E-state index in [0.29, 0.717) is 11.1 Å². The number of primary amides is 1. The van der Waals surface area contributed by atoms with Crippen LogP contribution in [0.1, 0.15) is 39.9 Å². The number of hydrogen-bond donors (Lipinski definition) is 4. The van der Waals surface area contributed by atoms with Gasteiger partial charge in [-0.25, -0.2) is 9.78 Å². The first-order valence-corrected chi connectivity index (χ1v) is 9.46. The van der Waals surface area contributed by atoms with Crippen LogP contribution < -0.4 is 22.1 Å². The third-order valence-electron chi connectivity index (χ3n) is 5.21. The Balaban J connectivity index is 1.78. The molecule has 4 rings (SSSR count). The molecular weight excluding hydrogens is 411 g/mol. The lowest BCUT2D eigenvalue weighted by molar-refractivity contribution is -0.178. The van der Waals surface area contributed by atoms with Gasteiger partial charge in [-0.3, -0.25) is 4.79 Å². The Bertz CT molecular complexity index is 1150. The molecule has 0 bridgehead atoms. The first-order valence-electron chi connectivity index (χ1n) is 9.46. The highest BCUT2D eigenvalue weighted by Gasteiger charge is 2.59. The van der Waals surface area contributed by atoms with Gasteiger partial charge < -0.3 is 22.1 Å². The van der Waals surface area contributed by atoms with Gasteiger partial charge in [0.2, 0.25) is 5.54 Å². The van der Waals surface area contributed by atoms with Crippen LogP contribution in [0.3, 0.4) is 0 Å². The summed E-state index contributed by atoms with van der Waals surface area (Å²) < 4.78 is 42.4. The lowest BCUT2D eigenvalue weighted by atomic mass is 9.85. The van der Waals surface area contributed by atoms with Crippen LogP contribution in [0, 0.1) is 17.8 Å². The van der Waals surface area contributed by atoms with Gasteiger partial charge in [-0.15, -0.1) is 0 Å². The highest BCUT2D eigenvalue weighted by atomic mass is 19.4. The number of carbonyl (C=O) groups excluding carboxylic acids is 2.